The minimum atomic E-state index is 0.377. The second kappa shape index (κ2) is 4.74. The van der Waals surface area contributed by atoms with Gasteiger partial charge in [-0.2, -0.15) is 0 Å². The molecule has 3 heteroatoms. The molecule has 0 bridgehead atoms. The number of hydrogen-bond acceptors (Lipinski definition) is 2. The molecule has 1 aliphatic carbocycles. The highest BCUT2D eigenvalue weighted by atomic mass is 16.5. The quantitative estimate of drug-likeness (QED) is 0.631. The van der Waals surface area contributed by atoms with Crippen LogP contribution in [0.1, 0.15) is 52.9 Å². The van der Waals surface area contributed by atoms with Crippen LogP contribution in [0.15, 0.2) is 0 Å². The van der Waals surface area contributed by atoms with E-state index in [9.17, 15) is 0 Å². The van der Waals surface area contributed by atoms with Crippen LogP contribution in [0.3, 0.4) is 0 Å². The molecule has 3 unspecified atom stereocenters. The Kier molecular flexibility index (Phi) is 3.53. The molecular formula is C17H32BNO. The molecule has 1 saturated carbocycles. The smallest absolute Gasteiger partial charge is 0.109 e. The van der Waals surface area contributed by atoms with Crippen LogP contribution in [0.2, 0.25) is 5.31 Å². The van der Waals surface area contributed by atoms with Crippen LogP contribution in [0, 0.1) is 17.3 Å². The van der Waals surface area contributed by atoms with Gasteiger partial charge in [0.15, 0.2) is 0 Å². The molecule has 1 spiro atoms. The van der Waals surface area contributed by atoms with Crippen LogP contribution in [-0.4, -0.2) is 45.1 Å². The topological polar surface area (TPSA) is 12.5 Å². The molecule has 0 aromatic carbocycles. The lowest BCUT2D eigenvalue weighted by Gasteiger charge is -2.62. The van der Waals surface area contributed by atoms with Crippen molar-refractivity contribution < 1.29 is 4.74 Å². The number of piperidine rings is 1. The molecule has 2 heterocycles. The minimum Gasteiger partial charge on any atom is -0.377 e. The fourth-order valence-electron chi connectivity index (χ4n) is 5.82. The second-order valence-corrected chi connectivity index (χ2v) is 9.24. The Morgan fingerprint density at radius 2 is 1.80 bits per heavy atom. The Morgan fingerprint density at radius 1 is 1.10 bits per heavy atom. The summed E-state index contributed by atoms with van der Waals surface area (Å²) in [6, 6.07) is 0. The molecule has 0 aromatic heterocycles. The van der Waals surface area contributed by atoms with Crippen molar-refractivity contribution in [1.29, 1.82) is 0 Å². The lowest BCUT2D eigenvalue weighted by atomic mass is 9.50. The molecule has 3 fully saturated rings. The maximum atomic E-state index is 5.67. The first-order valence-electron chi connectivity index (χ1n) is 8.56. The molecule has 0 radical (unpaired) electrons. The van der Waals surface area contributed by atoms with E-state index >= 15 is 0 Å². The average molecular weight is 277 g/mol. The summed E-state index contributed by atoms with van der Waals surface area (Å²) >= 11 is 0. The Labute approximate surface area is 126 Å². The molecule has 3 aliphatic rings. The molecule has 0 amide bonds. The second-order valence-electron chi connectivity index (χ2n) is 9.24. The van der Waals surface area contributed by atoms with Crippen LogP contribution in [0.25, 0.3) is 0 Å². The van der Waals surface area contributed by atoms with Crippen molar-refractivity contribution in [2.75, 3.05) is 26.8 Å². The van der Waals surface area contributed by atoms with Gasteiger partial charge in [-0.05, 0) is 50.1 Å². The van der Waals surface area contributed by atoms with E-state index in [1.54, 1.807) is 0 Å². The number of rotatable bonds is 0. The van der Waals surface area contributed by atoms with Crippen LogP contribution >= 0.6 is 0 Å². The van der Waals surface area contributed by atoms with E-state index in [4.69, 9.17) is 4.74 Å². The summed E-state index contributed by atoms with van der Waals surface area (Å²) in [5.74, 6) is 1.73. The lowest BCUT2D eigenvalue weighted by molar-refractivity contribution is -0.205. The van der Waals surface area contributed by atoms with Crippen molar-refractivity contribution in [3.63, 3.8) is 0 Å². The zero-order chi connectivity index (χ0) is 14.6. The predicted octanol–water partition coefficient (Wildman–Crippen LogP) is 2.74. The van der Waals surface area contributed by atoms with E-state index in [1.807, 2.05) is 0 Å². The van der Waals surface area contributed by atoms with Gasteiger partial charge in [0.1, 0.15) is 7.85 Å². The van der Waals surface area contributed by atoms with Crippen molar-refractivity contribution >= 4 is 7.85 Å². The monoisotopic (exact) mass is 277 g/mol. The van der Waals surface area contributed by atoms with E-state index in [0.717, 1.165) is 25.0 Å². The maximum absolute atomic E-state index is 5.67. The number of fused-ring (bicyclic) bond motifs is 2. The van der Waals surface area contributed by atoms with Gasteiger partial charge in [0, 0.05) is 0 Å². The van der Waals surface area contributed by atoms with Gasteiger partial charge in [-0.1, -0.05) is 38.9 Å². The van der Waals surface area contributed by atoms with Gasteiger partial charge in [0.05, 0.1) is 18.8 Å². The zero-order valence-electron chi connectivity index (χ0n) is 14.2. The van der Waals surface area contributed by atoms with Gasteiger partial charge in [0.25, 0.3) is 0 Å². The Balaban J connectivity index is 1.90. The minimum absolute atomic E-state index is 0.377. The molecule has 2 saturated heterocycles. The van der Waals surface area contributed by atoms with Gasteiger partial charge in [-0.3, -0.25) is 4.90 Å². The normalized spacial score (nSPS) is 44.2. The third kappa shape index (κ3) is 2.25. The number of nitrogens with zero attached hydrogens (tertiary/aromatic N) is 1. The fourth-order valence-corrected chi connectivity index (χ4v) is 5.82. The molecule has 3 atom stereocenters. The van der Waals surface area contributed by atoms with E-state index in [-0.39, 0.29) is 0 Å². The van der Waals surface area contributed by atoms with Gasteiger partial charge >= 0.3 is 0 Å². The molecule has 2 aliphatic heterocycles. The standard InChI is InChI=1S/C17H32BNO/c1-15(2)10-16(3,18)8-5-6-14-13(15)7-9-19(4)17(14)11-20-12-17/h13-14H,5-12,18H2,1-4H3. The highest BCUT2D eigenvalue weighted by molar-refractivity contribution is 6.14. The highest BCUT2D eigenvalue weighted by Crippen LogP contribution is 2.56. The third-order valence-electron chi connectivity index (χ3n) is 6.72. The van der Waals surface area contributed by atoms with E-state index in [1.165, 1.54) is 38.6 Å². The summed E-state index contributed by atoms with van der Waals surface area (Å²) in [6.45, 7) is 10.8. The predicted molar refractivity (Wildman–Crippen MR) is 86.9 cm³/mol. The summed E-state index contributed by atoms with van der Waals surface area (Å²) in [7, 11) is 4.81. The van der Waals surface area contributed by atoms with E-state index in [2.05, 4.69) is 40.6 Å². The summed E-state index contributed by atoms with van der Waals surface area (Å²) in [5.41, 5.74) is 0.847. The highest BCUT2D eigenvalue weighted by Gasteiger charge is 2.57. The molecule has 2 nitrogen and oxygen atoms in total. The zero-order valence-corrected chi connectivity index (χ0v) is 14.2. The molecule has 0 aromatic rings. The number of ether oxygens (including phenoxy) is 1. The molecular weight excluding hydrogens is 245 g/mol. The number of likely N-dealkylation sites (tertiary alicyclic amines) is 1. The summed E-state index contributed by atoms with van der Waals surface area (Å²) in [4.78, 5) is 2.63. The van der Waals surface area contributed by atoms with Crippen molar-refractivity contribution in [3.8, 4) is 0 Å². The Morgan fingerprint density at radius 3 is 2.40 bits per heavy atom. The van der Waals surface area contributed by atoms with Crippen molar-refractivity contribution in [3.05, 3.63) is 0 Å². The molecule has 3 rings (SSSR count). The third-order valence-corrected chi connectivity index (χ3v) is 6.72. The van der Waals surface area contributed by atoms with Gasteiger partial charge in [0.2, 0.25) is 0 Å². The van der Waals surface area contributed by atoms with Crippen molar-refractivity contribution in [2.24, 2.45) is 17.3 Å². The largest absolute Gasteiger partial charge is 0.377 e. The molecule has 114 valence electrons. The number of likely N-dealkylation sites (N-methyl/N-ethyl adjacent to an activating group) is 1. The SMILES string of the molecule is BC1(C)CCCC2C(CCN(C)C23COC3)C(C)(C)C1. The average Bonchev–Trinajstić information content (AvgIpc) is 2.23. The Bertz CT molecular complexity index is 375. The van der Waals surface area contributed by atoms with Gasteiger partial charge in [-0.25, -0.2) is 0 Å². The number of hydrogen-bond donors (Lipinski definition) is 0. The summed E-state index contributed by atoms with van der Waals surface area (Å²) in [5, 5.41) is 0.515. The van der Waals surface area contributed by atoms with Gasteiger partial charge < -0.3 is 4.74 Å². The molecule has 0 N–H and O–H groups in total. The first-order valence-corrected chi connectivity index (χ1v) is 8.56. The Hall–Kier alpha value is -0.0151. The van der Waals surface area contributed by atoms with Crippen LogP contribution in [-0.2, 0) is 4.74 Å². The fraction of sp³-hybridized carbons (Fsp3) is 1.00. The lowest BCUT2D eigenvalue weighted by Crippen LogP contribution is -2.70. The summed E-state index contributed by atoms with van der Waals surface area (Å²) in [6.07, 6.45) is 6.96. The van der Waals surface area contributed by atoms with E-state index in [0.29, 0.717) is 16.3 Å². The molecule has 20 heavy (non-hydrogen) atoms. The van der Waals surface area contributed by atoms with Crippen molar-refractivity contribution in [1.82, 2.24) is 4.90 Å². The van der Waals surface area contributed by atoms with E-state index < -0.39 is 0 Å². The van der Waals surface area contributed by atoms with Crippen LogP contribution in [0.4, 0.5) is 0 Å². The maximum Gasteiger partial charge on any atom is 0.109 e. The van der Waals surface area contributed by atoms with Crippen LogP contribution in [0.5, 0.6) is 0 Å². The van der Waals surface area contributed by atoms with Gasteiger partial charge in [-0.15, -0.1) is 0 Å². The first kappa shape index (κ1) is 14.9. The van der Waals surface area contributed by atoms with Crippen molar-refractivity contribution in [2.45, 2.75) is 63.7 Å². The van der Waals surface area contributed by atoms with Crippen LogP contribution < -0.4 is 0 Å². The first-order chi connectivity index (χ1) is 9.27. The summed E-state index contributed by atoms with van der Waals surface area (Å²) < 4.78 is 5.67.